The van der Waals surface area contributed by atoms with E-state index in [4.69, 9.17) is 33.3 Å². The predicted octanol–water partition coefficient (Wildman–Crippen LogP) is 4.56. The third-order valence-corrected chi connectivity index (χ3v) is 5.95. The highest BCUT2D eigenvalue weighted by atomic mass is 35.5. The summed E-state index contributed by atoms with van der Waals surface area (Å²) in [6, 6.07) is 10.6. The molecule has 164 valence electrons. The number of thiocarbonyl (C=S) groups is 1. The number of rotatable bonds is 6. The molecule has 1 fully saturated rings. The number of hydrogen-bond acceptors (Lipinski definition) is 5. The Morgan fingerprint density at radius 2 is 2.00 bits per heavy atom. The molecule has 8 heteroatoms. The quantitative estimate of drug-likeness (QED) is 0.504. The molecule has 0 radical (unpaired) electrons. The fraction of sp³-hybridized carbons (Fsp3) is 0.391. The van der Waals surface area contributed by atoms with Crippen LogP contribution in [0.25, 0.3) is 0 Å². The summed E-state index contributed by atoms with van der Waals surface area (Å²) in [7, 11) is 0. The molecule has 2 aliphatic rings. The topological polar surface area (TPSA) is 46.1 Å². The summed E-state index contributed by atoms with van der Waals surface area (Å²) in [6.07, 6.45) is 1.42. The first-order chi connectivity index (χ1) is 15.1. The zero-order valence-corrected chi connectivity index (χ0v) is 18.8. The van der Waals surface area contributed by atoms with E-state index in [1.54, 1.807) is 12.1 Å². The molecule has 0 aromatic heterocycles. The van der Waals surface area contributed by atoms with Gasteiger partial charge in [-0.1, -0.05) is 42.0 Å². The van der Waals surface area contributed by atoms with Gasteiger partial charge in [0.15, 0.2) is 11.6 Å². The van der Waals surface area contributed by atoms with Crippen LogP contribution in [0.5, 0.6) is 5.75 Å². The van der Waals surface area contributed by atoms with Crippen molar-refractivity contribution in [2.24, 2.45) is 4.99 Å². The molecule has 2 heterocycles. The van der Waals surface area contributed by atoms with Gasteiger partial charge in [0, 0.05) is 54.8 Å². The van der Waals surface area contributed by atoms with Crippen LogP contribution in [-0.2, 0) is 4.74 Å². The minimum atomic E-state index is -0.432. The molecular weight excluding hydrogens is 437 g/mol. The number of ether oxygens (including phenoxy) is 2. The third-order valence-electron chi connectivity index (χ3n) is 5.32. The van der Waals surface area contributed by atoms with Crippen LogP contribution in [0.2, 0.25) is 5.02 Å². The number of nitrogens with one attached hydrogen (secondary N) is 1. The van der Waals surface area contributed by atoms with Crippen molar-refractivity contribution in [2.45, 2.75) is 12.8 Å². The predicted molar refractivity (Wildman–Crippen MR) is 127 cm³/mol. The largest absolute Gasteiger partial charge is 0.490 e. The monoisotopic (exact) mass is 461 g/mol. The van der Waals surface area contributed by atoms with E-state index in [2.05, 4.69) is 15.2 Å². The van der Waals surface area contributed by atoms with E-state index in [0.717, 1.165) is 44.8 Å². The van der Waals surface area contributed by atoms with Gasteiger partial charge in [-0.05, 0) is 18.6 Å². The van der Waals surface area contributed by atoms with Crippen molar-refractivity contribution in [3.63, 3.8) is 0 Å². The van der Waals surface area contributed by atoms with Crippen LogP contribution in [0.15, 0.2) is 41.4 Å². The summed E-state index contributed by atoms with van der Waals surface area (Å²) in [5.74, 6) is -0.228. The lowest BCUT2D eigenvalue weighted by Gasteiger charge is -2.26. The molecule has 4 rings (SSSR count). The van der Waals surface area contributed by atoms with Crippen molar-refractivity contribution in [3.8, 4) is 5.75 Å². The Morgan fingerprint density at radius 1 is 1.19 bits per heavy atom. The minimum Gasteiger partial charge on any atom is -0.490 e. The van der Waals surface area contributed by atoms with Gasteiger partial charge in [0.2, 0.25) is 0 Å². The van der Waals surface area contributed by atoms with Crippen molar-refractivity contribution in [1.29, 1.82) is 0 Å². The lowest BCUT2D eigenvalue weighted by molar-refractivity contribution is 0.0357. The Kier molecular flexibility index (Phi) is 7.50. The average molecular weight is 462 g/mol. The number of benzene rings is 2. The lowest BCUT2D eigenvalue weighted by Crippen LogP contribution is -2.37. The SMILES string of the molecule is Fc1cc2c(cc1OCCCN1CCOCC1)NC(=S)CCN=C2c1ccccc1Cl. The lowest BCUT2D eigenvalue weighted by atomic mass is 9.99. The second kappa shape index (κ2) is 10.5. The highest BCUT2D eigenvalue weighted by molar-refractivity contribution is 7.80. The van der Waals surface area contributed by atoms with Crippen molar-refractivity contribution in [2.75, 3.05) is 51.3 Å². The van der Waals surface area contributed by atoms with Crippen LogP contribution >= 0.6 is 23.8 Å². The Morgan fingerprint density at radius 3 is 2.81 bits per heavy atom. The highest BCUT2D eigenvalue weighted by Crippen LogP contribution is 2.31. The summed E-state index contributed by atoms with van der Waals surface area (Å²) in [5.41, 5.74) is 2.70. The second-order valence-corrected chi connectivity index (χ2v) is 8.39. The van der Waals surface area contributed by atoms with E-state index in [1.165, 1.54) is 6.07 Å². The first-order valence-electron chi connectivity index (χ1n) is 10.5. The Labute approximate surface area is 192 Å². The summed E-state index contributed by atoms with van der Waals surface area (Å²) < 4.78 is 26.1. The molecule has 2 aromatic carbocycles. The van der Waals surface area contributed by atoms with Crippen LogP contribution < -0.4 is 10.1 Å². The third kappa shape index (κ3) is 5.60. The molecule has 0 aliphatic carbocycles. The van der Waals surface area contributed by atoms with Crippen molar-refractivity contribution in [1.82, 2.24) is 4.90 Å². The van der Waals surface area contributed by atoms with E-state index >= 15 is 0 Å². The molecule has 5 nitrogen and oxygen atoms in total. The number of nitrogens with zero attached hydrogens (tertiary/aromatic N) is 2. The van der Waals surface area contributed by atoms with Gasteiger partial charge in [-0.3, -0.25) is 9.89 Å². The first-order valence-corrected chi connectivity index (χ1v) is 11.3. The first kappa shape index (κ1) is 22.1. The molecule has 2 aromatic rings. The molecule has 0 spiro atoms. The molecule has 2 aliphatic heterocycles. The van der Waals surface area contributed by atoms with Crippen molar-refractivity contribution in [3.05, 3.63) is 58.4 Å². The fourth-order valence-corrected chi connectivity index (χ4v) is 4.14. The van der Waals surface area contributed by atoms with Gasteiger partial charge in [0.25, 0.3) is 0 Å². The van der Waals surface area contributed by atoms with E-state index in [0.29, 0.717) is 46.5 Å². The number of morpholine rings is 1. The van der Waals surface area contributed by atoms with Gasteiger partial charge >= 0.3 is 0 Å². The highest BCUT2D eigenvalue weighted by Gasteiger charge is 2.21. The molecule has 31 heavy (non-hydrogen) atoms. The van der Waals surface area contributed by atoms with Crippen molar-refractivity contribution < 1.29 is 13.9 Å². The molecule has 1 N–H and O–H groups in total. The summed E-state index contributed by atoms with van der Waals surface area (Å²) >= 11 is 11.8. The van der Waals surface area contributed by atoms with Gasteiger partial charge in [0.05, 0.1) is 36.2 Å². The molecule has 0 atom stereocenters. The summed E-state index contributed by atoms with van der Waals surface area (Å²) in [4.78, 5) is 7.68. The van der Waals surface area contributed by atoms with E-state index in [-0.39, 0.29) is 5.75 Å². The number of hydrogen-bond donors (Lipinski definition) is 1. The van der Waals surface area contributed by atoms with Gasteiger partial charge in [-0.2, -0.15) is 0 Å². The van der Waals surface area contributed by atoms with Crippen LogP contribution in [-0.4, -0.2) is 61.6 Å². The van der Waals surface area contributed by atoms with Crippen LogP contribution in [0.3, 0.4) is 0 Å². The van der Waals surface area contributed by atoms with E-state index in [1.807, 2.05) is 18.2 Å². The molecular formula is C23H25ClFN3O2S. The molecule has 0 amide bonds. The van der Waals surface area contributed by atoms with Gasteiger partial charge in [-0.15, -0.1) is 0 Å². The maximum atomic E-state index is 15.0. The van der Waals surface area contributed by atoms with Gasteiger partial charge < -0.3 is 14.8 Å². The number of halogens is 2. The van der Waals surface area contributed by atoms with Crippen LogP contribution in [0.1, 0.15) is 24.0 Å². The molecule has 0 bridgehead atoms. The number of anilines is 1. The minimum absolute atomic E-state index is 0.204. The number of aliphatic imine (C=N–C) groups is 1. The van der Waals surface area contributed by atoms with Crippen LogP contribution in [0, 0.1) is 5.82 Å². The van der Waals surface area contributed by atoms with Gasteiger partial charge in [-0.25, -0.2) is 4.39 Å². The molecule has 0 unspecified atom stereocenters. The summed E-state index contributed by atoms with van der Waals surface area (Å²) in [6.45, 7) is 5.23. The molecule has 0 saturated carbocycles. The van der Waals surface area contributed by atoms with E-state index in [9.17, 15) is 4.39 Å². The smallest absolute Gasteiger partial charge is 0.165 e. The zero-order chi connectivity index (χ0) is 21.6. The number of fused-ring (bicyclic) bond motifs is 1. The Balaban J connectivity index is 1.54. The van der Waals surface area contributed by atoms with Gasteiger partial charge in [0.1, 0.15) is 0 Å². The van der Waals surface area contributed by atoms with Crippen LogP contribution in [0.4, 0.5) is 10.1 Å². The van der Waals surface area contributed by atoms with E-state index < -0.39 is 5.82 Å². The fourth-order valence-electron chi connectivity index (χ4n) is 3.71. The van der Waals surface area contributed by atoms with Crippen molar-refractivity contribution >= 4 is 40.2 Å². The second-order valence-electron chi connectivity index (χ2n) is 7.49. The maximum Gasteiger partial charge on any atom is 0.165 e. The zero-order valence-electron chi connectivity index (χ0n) is 17.2. The maximum absolute atomic E-state index is 15.0. The standard InChI is InChI=1S/C23H25ClFN3O2S/c24-18-5-2-1-4-16(18)23-17-14-19(25)21(15-20(17)27-22(31)6-7-26-23)30-11-3-8-28-9-12-29-13-10-28/h1-2,4-5,14-15H,3,6-13H2,(H,27,31). The Bertz CT molecular complexity index is 979. The average Bonchev–Trinajstić information content (AvgIpc) is 2.76. The normalized spacial score (nSPS) is 17.2. The molecule has 1 saturated heterocycles. The summed E-state index contributed by atoms with van der Waals surface area (Å²) in [5, 5.41) is 3.80. The Hall–Kier alpha value is -2.06.